The lowest BCUT2D eigenvalue weighted by Crippen LogP contribution is -2.46. The van der Waals surface area contributed by atoms with Gasteiger partial charge < -0.3 is 19.7 Å². The van der Waals surface area contributed by atoms with Gasteiger partial charge in [-0.05, 0) is 49.0 Å². The molecule has 0 unspecified atom stereocenters. The Labute approximate surface area is 187 Å². The van der Waals surface area contributed by atoms with E-state index >= 15 is 0 Å². The summed E-state index contributed by atoms with van der Waals surface area (Å²) in [4.78, 5) is 9.28. The summed E-state index contributed by atoms with van der Waals surface area (Å²) in [6, 6.07) is 14.9. The fraction of sp³-hybridized carbons (Fsp3) is 0.320. The summed E-state index contributed by atoms with van der Waals surface area (Å²) in [5.41, 5.74) is 1.13. The van der Waals surface area contributed by atoms with Crippen LogP contribution in [0.3, 0.4) is 0 Å². The molecule has 0 radical (unpaired) electrons. The van der Waals surface area contributed by atoms with Gasteiger partial charge in [-0.3, -0.25) is 4.90 Å². The van der Waals surface area contributed by atoms with Crippen LogP contribution in [0.4, 0.5) is 15.9 Å². The fourth-order valence-corrected chi connectivity index (χ4v) is 4.26. The van der Waals surface area contributed by atoms with Gasteiger partial charge in [-0.15, -0.1) is 0 Å². The summed E-state index contributed by atoms with van der Waals surface area (Å²) in [7, 11) is 0. The molecule has 1 saturated heterocycles. The second-order valence-electron chi connectivity index (χ2n) is 8.09. The summed E-state index contributed by atoms with van der Waals surface area (Å²) in [6.45, 7) is 5.63. The van der Waals surface area contributed by atoms with Gasteiger partial charge >= 0.3 is 0 Å². The molecule has 5 rings (SSSR count). The first-order chi connectivity index (χ1) is 15.8. The first-order valence-electron chi connectivity index (χ1n) is 11.1. The standard InChI is InChI=1S/C25H27FN4O2/c26-20-7-6-19-4-3-5-22(21(19)18-20)30-14-12-29(13-15-30)11-1-2-16-32-24-9-8-23-25(28-24)27-10-17-31-23/h3-10,17-18H,1-2,11-16H2,(H,27,28). The van der Waals surface area contributed by atoms with Gasteiger partial charge in [-0.2, -0.15) is 4.98 Å². The highest BCUT2D eigenvalue weighted by Crippen LogP contribution is 2.29. The van der Waals surface area contributed by atoms with Crippen molar-refractivity contribution >= 4 is 22.3 Å². The summed E-state index contributed by atoms with van der Waals surface area (Å²) in [5, 5.41) is 5.12. The fourth-order valence-electron chi connectivity index (χ4n) is 4.26. The smallest absolute Gasteiger partial charge is 0.215 e. The van der Waals surface area contributed by atoms with Gasteiger partial charge in [0.25, 0.3) is 0 Å². The number of nitrogens with one attached hydrogen (secondary N) is 1. The van der Waals surface area contributed by atoms with Crippen molar-refractivity contribution in [2.45, 2.75) is 12.8 Å². The van der Waals surface area contributed by atoms with Crippen molar-refractivity contribution in [3.05, 3.63) is 66.8 Å². The largest absolute Gasteiger partial charge is 0.478 e. The van der Waals surface area contributed by atoms with Gasteiger partial charge in [0.05, 0.1) is 6.61 Å². The summed E-state index contributed by atoms with van der Waals surface area (Å²) < 4.78 is 24.9. The van der Waals surface area contributed by atoms with Crippen LogP contribution in [0.25, 0.3) is 10.8 Å². The van der Waals surface area contributed by atoms with E-state index in [0.717, 1.165) is 62.0 Å². The molecule has 166 valence electrons. The SMILES string of the molecule is Fc1ccc2cccc(N3CCN(CCCCOc4ccc5c(n4)NC=CO5)CC3)c2c1. The molecular formula is C25H27FN4O2. The predicted octanol–water partition coefficient (Wildman–Crippen LogP) is 4.63. The third-order valence-corrected chi connectivity index (χ3v) is 5.97. The van der Waals surface area contributed by atoms with Crippen molar-refractivity contribution in [3.8, 4) is 11.6 Å². The molecule has 2 aliphatic rings. The Hall–Kier alpha value is -3.32. The molecule has 0 amide bonds. The highest BCUT2D eigenvalue weighted by Gasteiger charge is 2.18. The summed E-state index contributed by atoms with van der Waals surface area (Å²) in [6.07, 6.45) is 5.35. The zero-order valence-corrected chi connectivity index (χ0v) is 18.0. The molecule has 0 aliphatic carbocycles. The lowest BCUT2D eigenvalue weighted by Gasteiger charge is -2.36. The molecule has 0 atom stereocenters. The predicted molar refractivity (Wildman–Crippen MR) is 125 cm³/mol. The van der Waals surface area contributed by atoms with Gasteiger partial charge in [0.1, 0.15) is 12.1 Å². The average Bonchev–Trinajstić information content (AvgIpc) is 2.84. The molecule has 3 aromatic rings. The van der Waals surface area contributed by atoms with E-state index in [0.29, 0.717) is 24.1 Å². The van der Waals surface area contributed by atoms with Crippen molar-refractivity contribution in [1.29, 1.82) is 0 Å². The number of anilines is 2. The zero-order chi connectivity index (χ0) is 21.8. The second-order valence-corrected chi connectivity index (χ2v) is 8.09. The number of fused-ring (bicyclic) bond motifs is 2. The lowest BCUT2D eigenvalue weighted by atomic mass is 10.1. The van der Waals surface area contributed by atoms with Crippen LogP contribution < -0.4 is 19.7 Å². The van der Waals surface area contributed by atoms with E-state index in [1.54, 1.807) is 18.5 Å². The van der Waals surface area contributed by atoms with Crippen molar-refractivity contribution < 1.29 is 13.9 Å². The van der Waals surface area contributed by atoms with E-state index in [4.69, 9.17) is 9.47 Å². The van der Waals surface area contributed by atoms with Gasteiger partial charge in [0.2, 0.25) is 5.88 Å². The van der Waals surface area contributed by atoms with Crippen molar-refractivity contribution in [2.75, 3.05) is 49.5 Å². The number of rotatable bonds is 7. The third kappa shape index (κ3) is 4.62. The number of aromatic nitrogens is 1. The molecule has 7 heteroatoms. The molecule has 3 heterocycles. The van der Waals surface area contributed by atoms with Gasteiger partial charge in [-0.25, -0.2) is 4.39 Å². The van der Waals surface area contributed by atoms with Crippen LogP contribution >= 0.6 is 0 Å². The molecular weight excluding hydrogens is 407 g/mol. The normalized spacial score (nSPS) is 15.8. The van der Waals surface area contributed by atoms with E-state index in [-0.39, 0.29) is 5.82 Å². The van der Waals surface area contributed by atoms with Crippen LogP contribution in [-0.4, -0.2) is 49.2 Å². The highest BCUT2D eigenvalue weighted by atomic mass is 19.1. The zero-order valence-electron chi connectivity index (χ0n) is 18.0. The quantitative estimate of drug-likeness (QED) is 0.547. The van der Waals surface area contributed by atoms with Crippen molar-refractivity contribution in [1.82, 2.24) is 9.88 Å². The van der Waals surface area contributed by atoms with Gasteiger partial charge in [0, 0.05) is 49.5 Å². The number of hydrogen-bond acceptors (Lipinski definition) is 6. The summed E-state index contributed by atoms with van der Waals surface area (Å²) in [5.74, 6) is 1.80. The number of pyridine rings is 1. The van der Waals surface area contributed by atoms with Crippen LogP contribution in [0.15, 0.2) is 61.0 Å². The molecule has 0 bridgehead atoms. The summed E-state index contributed by atoms with van der Waals surface area (Å²) >= 11 is 0. The second kappa shape index (κ2) is 9.44. The topological polar surface area (TPSA) is 49.9 Å². The number of halogens is 1. The molecule has 32 heavy (non-hydrogen) atoms. The van der Waals surface area contributed by atoms with Crippen LogP contribution in [0.5, 0.6) is 11.6 Å². The third-order valence-electron chi connectivity index (χ3n) is 5.97. The Kier molecular flexibility index (Phi) is 6.07. The minimum Gasteiger partial charge on any atom is -0.478 e. The molecule has 2 aliphatic heterocycles. The number of benzene rings is 2. The van der Waals surface area contributed by atoms with Crippen LogP contribution in [0, 0.1) is 5.82 Å². The molecule has 1 aromatic heterocycles. The minimum absolute atomic E-state index is 0.183. The number of piperazine rings is 1. The molecule has 1 fully saturated rings. The molecule has 2 aromatic carbocycles. The Morgan fingerprint density at radius 3 is 2.84 bits per heavy atom. The number of hydrogen-bond donors (Lipinski definition) is 1. The van der Waals surface area contributed by atoms with Crippen molar-refractivity contribution in [3.63, 3.8) is 0 Å². The molecule has 6 nitrogen and oxygen atoms in total. The first kappa shape index (κ1) is 20.6. The van der Waals surface area contributed by atoms with E-state index in [1.807, 2.05) is 24.3 Å². The molecule has 1 N–H and O–H groups in total. The number of unbranched alkanes of at least 4 members (excludes halogenated alkanes) is 1. The molecule has 0 spiro atoms. The Balaban J connectivity index is 1.06. The van der Waals surface area contributed by atoms with Crippen molar-refractivity contribution in [2.24, 2.45) is 0 Å². The average molecular weight is 435 g/mol. The Morgan fingerprint density at radius 2 is 1.94 bits per heavy atom. The Morgan fingerprint density at radius 1 is 1.03 bits per heavy atom. The van der Waals surface area contributed by atoms with Crippen LogP contribution in [0.2, 0.25) is 0 Å². The minimum atomic E-state index is -0.183. The van der Waals surface area contributed by atoms with Gasteiger partial charge in [-0.1, -0.05) is 18.2 Å². The van der Waals surface area contributed by atoms with E-state index in [9.17, 15) is 4.39 Å². The van der Waals surface area contributed by atoms with E-state index < -0.39 is 0 Å². The lowest BCUT2D eigenvalue weighted by molar-refractivity contribution is 0.236. The maximum Gasteiger partial charge on any atom is 0.215 e. The monoisotopic (exact) mass is 434 g/mol. The van der Waals surface area contributed by atoms with Crippen LogP contribution in [0.1, 0.15) is 12.8 Å². The first-order valence-corrected chi connectivity index (χ1v) is 11.1. The van der Waals surface area contributed by atoms with Gasteiger partial charge in [0.15, 0.2) is 11.6 Å². The number of nitrogens with zero attached hydrogens (tertiary/aromatic N) is 3. The van der Waals surface area contributed by atoms with E-state index in [2.05, 4.69) is 32.2 Å². The number of ether oxygens (including phenoxy) is 2. The molecule has 0 saturated carbocycles. The van der Waals surface area contributed by atoms with Crippen LogP contribution in [-0.2, 0) is 0 Å². The Bertz CT molecular complexity index is 1110. The highest BCUT2D eigenvalue weighted by molar-refractivity contribution is 5.94. The van der Waals surface area contributed by atoms with E-state index in [1.165, 1.54) is 6.07 Å². The maximum atomic E-state index is 13.8. The maximum absolute atomic E-state index is 13.8.